The zero-order chi connectivity index (χ0) is 24.0. The summed E-state index contributed by atoms with van der Waals surface area (Å²) >= 11 is 2.28. The van der Waals surface area contributed by atoms with Crippen molar-refractivity contribution in [1.29, 1.82) is 0 Å². The van der Waals surface area contributed by atoms with Crippen molar-refractivity contribution in [2.45, 2.75) is 12.5 Å². The third kappa shape index (κ3) is 3.65. The maximum absolute atomic E-state index is 12.8. The second-order valence-electron chi connectivity index (χ2n) is 8.62. The molecular formula is C27H24IN5O. The van der Waals surface area contributed by atoms with E-state index in [2.05, 4.69) is 33.6 Å². The first kappa shape index (κ1) is 22.5. The highest BCUT2D eigenvalue weighted by molar-refractivity contribution is 14.1. The molecule has 0 spiro atoms. The van der Waals surface area contributed by atoms with Gasteiger partial charge in [-0.15, -0.1) is 0 Å². The fraction of sp³-hybridized carbons (Fsp3) is 0.148. The maximum atomic E-state index is 12.8. The van der Waals surface area contributed by atoms with E-state index in [4.69, 9.17) is 10.7 Å². The van der Waals surface area contributed by atoms with Crippen LogP contribution in [-0.4, -0.2) is 19.1 Å². The van der Waals surface area contributed by atoms with Crippen LogP contribution in [0.3, 0.4) is 0 Å². The summed E-state index contributed by atoms with van der Waals surface area (Å²) in [7, 11) is 3.70. The molecule has 0 bridgehead atoms. The third-order valence-corrected chi connectivity index (χ3v) is 7.11. The Hall–Kier alpha value is -3.30. The number of rotatable bonds is 4. The SMILES string of the molecule is Cc1cccc(-c2cc(=O)n(C)c3cnc([C@](N)(c4ccc(I)cc4)c4cncn4C)cc23)c1. The Morgan fingerprint density at radius 3 is 2.44 bits per heavy atom. The molecule has 0 radical (unpaired) electrons. The Kier molecular flexibility index (Phi) is 5.61. The molecule has 0 aliphatic heterocycles. The Balaban J connectivity index is 1.84. The summed E-state index contributed by atoms with van der Waals surface area (Å²) < 4.78 is 4.67. The van der Waals surface area contributed by atoms with Crippen molar-refractivity contribution in [3.05, 3.63) is 116 Å². The molecule has 170 valence electrons. The van der Waals surface area contributed by atoms with Gasteiger partial charge in [-0.1, -0.05) is 42.0 Å². The van der Waals surface area contributed by atoms with E-state index < -0.39 is 5.54 Å². The molecule has 0 aliphatic rings. The van der Waals surface area contributed by atoms with Crippen LogP contribution in [0.15, 0.2) is 84.2 Å². The molecule has 0 saturated carbocycles. The minimum absolute atomic E-state index is 0.0816. The minimum Gasteiger partial charge on any atom is -0.335 e. The van der Waals surface area contributed by atoms with Gasteiger partial charge >= 0.3 is 0 Å². The predicted octanol–water partition coefficient (Wildman–Crippen LogP) is 4.50. The summed E-state index contributed by atoms with van der Waals surface area (Å²) in [5.41, 5.74) is 12.2. The summed E-state index contributed by atoms with van der Waals surface area (Å²) in [5.74, 6) is 0. The number of nitrogens with zero attached hydrogens (tertiary/aromatic N) is 4. The summed E-state index contributed by atoms with van der Waals surface area (Å²) in [6.07, 6.45) is 5.27. The number of aromatic nitrogens is 4. The first-order chi connectivity index (χ1) is 16.3. The zero-order valence-electron chi connectivity index (χ0n) is 19.2. The molecule has 5 aromatic rings. The largest absolute Gasteiger partial charge is 0.335 e. The molecular weight excluding hydrogens is 537 g/mol. The highest BCUT2D eigenvalue weighted by atomic mass is 127. The van der Waals surface area contributed by atoms with Crippen molar-refractivity contribution in [3.63, 3.8) is 0 Å². The normalized spacial score (nSPS) is 13.2. The lowest BCUT2D eigenvalue weighted by Gasteiger charge is -2.30. The van der Waals surface area contributed by atoms with E-state index in [-0.39, 0.29) is 5.56 Å². The summed E-state index contributed by atoms with van der Waals surface area (Å²) in [5, 5.41) is 0.917. The second kappa shape index (κ2) is 8.48. The molecule has 1 atom stereocenters. The van der Waals surface area contributed by atoms with Gasteiger partial charge in [0.05, 0.1) is 35.6 Å². The van der Waals surface area contributed by atoms with Crippen molar-refractivity contribution in [1.82, 2.24) is 19.1 Å². The summed E-state index contributed by atoms with van der Waals surface area (Å²) in [6, 6.07) is 20.0. The van der Waals surface area contributed by atoms with Gasteiger partial charge in [0, 0.05) is 29.1 Å². The van der Waals surface area contributed by atoms with E-state index in [0.29, 0.717) is 5.69 Å². The first-order valence-electron chi connectivity index (χ1n) is 10.9. The summed E-state index contributed by atoms with van der Waals surface area (Å²) in [6.45, 7) is 2.05. The van der Waals surface area contributed by atoms with Gasteiger partial charge in [-0.2, -0.15) is 0 Å². The molecule has 0 amide bonds. The number of hydrogen-bond acceptors (Lipinski definition) is 4. The lowest BCUT2D eigenvalue weighted by molar-refractivity contribution is 0.579. The van der Waals surface area contributed by atoms with Crippen LogP contribution in [0.2, 0.25) is 0 Å². The fourth-order valence-corrected chi connectivity index (χ4v) is 4.85. The number of pyridine rings is 2. The number of hydrogen-bond donors (Lipinski definition) is 1. The topological polar surface area (TPSA) is 78.7 Å². The van der Waals surface area contributed by atoms with Crippen molar-refractivity contribution in [2.75, 3.05) is 0 Å². The molecule has 3 heterocycles. The molecule has 2 N–H and O–H groups in total. The highest BCUT2D eigenvalue weighted by Crippen LogP contribution is 2.36. The van der Waals surface area contributed by atoms with Crippen LogP contribution >= 0.6 is 22.6 Å². The Labute approximate surface area is 211 Å². The van der Waals surface area contributed by atoms with Gasteiger partial charge in [-0.3, -0.25) is 9.78 Å². The maximum Gasteiger partial charge on any atom is 0.251 e. The number of aryl methyl sites for hydroxylation is 3. The standard InChI is InChI=1S/C27H24IN5O/c1-17-5-4-6-18(11-17)21-13-26(34)33(3)23-14-31-24(12-22(21)23)27(29,25-15-30-16-32(25)2)19-7-9-20(28)10-8-19/h4-16H,29H2,1-3H3/t27-/m1/s1. The average Bonchev–Trinajstić information content (AvgIpc) is 3.27. The molecule has 34 heavy (non-hydrogen) atoms. The van der Waals surface area contributed by atoms with Crippen LogP contribution in [0.1, 0.15) is 22.5 Å². The van der Waals surface area contributed by atoms with Crippen molar-refractivity contribution in [2.24, 2.45) is 19.8 Å². The van der Waals surface area contributed by atoms with Crippen LogP contribution in [0.25, 0.3) is 22.0 Å². The van der Waals surface area contributed by atoms with E-state index in [1.54, 1.807) is 36.4 Å². The quantitative estimate of drug-likeness (QED) is 0.328. The fourth-order valence-electron chi connectivity index (χ4n) is 4.49. The van der Waals surface area contributed by atoms with Crippen molar-refractivity contribution >= 4 is 33.5 Å². The number of nitrogens with two attached hydrogens (primary N) is 1. The van der Waals surface area contributed by atoms with Gasteiger partial charge in [-0.05, 0) is 64.4 Å². The smallest absolute Gasteiger partial charge is 0.251 e. The second-order valence-corrected chi connectivity index (χ2v) is 9.86. The van der Waals surface area contributed by atoms with Crippen LogP contribution in [-0.2, 0) is 19.6 Å². The molecule has 0 aliphatic carbocycles. The Morgan fingerprint density at radius 2 is 1.76 bits per heavy atom. The number of halogens is 1. The van der Waals surface area contributed by atoms with E-state index >= 15 is 0 Å². The molecule has 2 aromatic carbocycles. The first-order valence-corrected chi connectivity index (χ1v) is 12.0. The molecule has 0 saturated heterocycles. The zero-order valence-corrected chi connectivity index (χ0v) is 21.3. The van der Waals surface area contributed by atoms with Gasteiger partial charge in [0.25, 0.3) is 5.56 Å². The van der Waals surface area contributed by atoms with E-state index in [1.165, 1.54) is 0 Å². The van der Waals surface area contributed by atoms with E-state index in [1.807, 2.05) is 67.1 Å². The van der Waals surface area contributed by atoms with E-state index in [9.17, 15) is 4.79 Å². The number of fused-ring (bicyclic) bond motifs is 1. The third-order valence-electron chi connectivity index (χ3n) is 6.39. The van der Waals surface area contributed by atoms with Gasteiger partial charge in [0.15, 0.2) is 0 Å². The van der Waals surface area contributed by atoms with Gasteiger partial charge in [0.2, 0.25) is 0 Å². The van der Waals surface area contributed by atoms with E-state index in [0.717, 1.165) is 42.4 Å². The van der Waals surface area contributed by atoms with Gasteiger partial charge in [-0.25, -0.2) is 4.98 Å². The van der Waals surface area contributed by atoms with Crippen molar-refractivity contribution < 1.29 is 0 Å². The van der Waals surface area contributed by atoms with Crippen molar-refractivity contribution in [3.8, 4) is 11.1 Å². The molecule has 5 rings (SSSR count). The average molecular weight is 561 g/mol. The Morgan fingerprint density at radius 1 is 1.00 bits per heavy atom. The van der Waals surface area contributed by atoms with Crippen LogP contribution in [0, 0.1) is 10.5 Å². The lowest BCUT2D eigenvalue weighted by Crippen LogP contribution is -2.41. The number of imidazole rings is 1. The molecule has 7 heteroatoms. The highest BCUT2D eigenvalue weighted by Gasteiger charge is 2.36. The monoisotopic (exact) mass is 561 g/mol. The van der Waals surface area contributed by atoms with Crippen LogP contribution in [0.4, 0.5) is 0 Å². The van der Waals surface area contributed by atoms with Gasteiger partial charge < -0.3 is 14.9 Å². The molecule has 0 unspecified atom stereocenters. The molecule has 3 aromatic heterocycles. The Bertz CT molecular complexity index is 1590. The van der Waals surface area contributed by atoms with Crippen LogP contribution < -0.4 is 11.3 Å². The minimum atomic E-state index is -1.04. The van der Waals surface area contributed by atoms with Gasteiger partial charge in [0.1, 0.15) is 5.54 Å². The summed E-state index contributed by atoms with van der Waals surface area (Å²) in [4.78, 5) is 21.9. The lowest BCUT2D eigenvalue weighted by atomic mass is 9.83. The van der Waals surface area contributed by atoms with Crippen LogP contribution in [0.5, 0.6) is 0 Å². The number of benzene rings is 2. The molecule has 0 fully saturated rings. The molecule has 6 nitrogen and oxygen atoms in total. The predicted molar refractivity (Wildman–Crippen MR) is 144 cm³/mol.